The first-order chi connectivity index (χ1) is 7.20. The van der Waals surface area contributed by atoms with Crippen LogP contribution in [0.25, 0.3) is 0 Å². The molecule has 0 N–H and O–H groups in total. The van der Waals surface area contributed by atoms with Crippen LogP contribution in [-0.2, 0) is 9.53 Å². The number of hydrogen-bond donors (Lipinski definition) is 0. The molecule has 1 aromatic carbocycles. The molecule has 0 spiro atoms. The first kappa shape index (κ1) is 10.6. The molecule has 0 bridgehead atoms. The molecule has 0 saturated carbocycles. The van der Waals surface area contributed by atoms with E-state index in [9.17, 15) is 4.79 Å². The average molecular weight is 270 g/mol. The Morgan fingerprint density at radius 1 is 1.47 bits per heavy atom. The van der Waals surface area contributed by atoms with Crippen molar-refractivity contribution in [3.63, 3.8) is 0 Å². The van der Waals surface area contributed by atoms with Gasteiger partial charge in [0.2, 0.25) is 5.91 Å². The van der Waals surface area contributed by atoms with Crippen LogP contribution < -0.4 is 0 Å². The van der Waals surface area contributed by atoms with E-state index < -0.39 is 0 Å². The van der Waals surface area contributed by atoms with Gasteiger partial charge in [-0.3, -0.25) is 4.79 Å². The van der Waals surface area contributed by atoms with Crippen LogP contribution in [-0.4, -0.2) is 31.1 Å². The summed E-state index contributed by atoms with van der Waals surface area (Å²) in [4.78, 5) is 13.2. The minimum atomic E-state index is 0.0156. The van der Waals surface area contributed by atoms with Gasteiger partial charge in [-0.1, -0.05) is 34.1 Å². The Labute approximate surface area is 97.2 Å². The molecule has 15 heavy (non-hydrogen) atoms. The summed E-state index contributed by atoms with van der Waals surface area (Å²) in [6, 6.07) is 7.92. The fraction of sp³-hybridized carbons (Fsp3) is 0.364. The van der Waals surface area contributed by atoms with Gasteiger partial charge < -0.3 is 9.64 Å². The number of ether oxygens (including phenoxy) is 1. The standard InChI is InChI=1S/C11H12BrNO2/c1-13-10(6-15-7-11(13)14)8-4-2-3-5-9(8)12/h2-5,10H,6-7H2,1H3. The number of likely N-dealkylation sites (N-methyl/N-ethyl adjacent to an activating group) is 1. The van der Waals surface area contributed by atoms with Crippen LogP contribution >= 0.6 is 15.9 Å². The normalized spacial score (nSPS) is 21.9. The van der Waals surface area contributed by atoms with Gasteiger partial charge in [-0.05, 0) is 11.6 Å². The van der Waals surface area contributed by atoms with E-state index in [1.54, 1.807) is 4.90 Å². The van der Waals surface area contributed by atoms with Crippen molar-refractivity contribution >= 4 is 21.8 Å². The summed E-state index contributed by atoms with van der Waals surface area (Å²) in [5.74, 6) is 0.0296. The third-order valence-electron chi connectivity index (χ3n) is 2.63. The third kappa shape index (κ3) is 2.06. The third-order valence-corrected chi connectivity index (χ3v) is 3.35. The number of hydrogen-bond acceptors (Lipinski definition) is 2. The van der Waals surface area contributed by atoms with Gasteiger partial charge in [0.25, 0.3) is 0 Å². The SMILES string of the molecule is CN1C(=O)COCC1c1ccccc1Br. The first-order valence-corrected chi connectivity index (χ1v) is 5.57. The van der Waals surface area contributed by atoms with Crippen molar-refractivity contribution in [2.24, 2.45) is 0 Å². The summed E-state index contributed by atoms with van der Waals surface area (Å²) < 4.78 is 6.28. The molecule has 1 unspecified atom stereocenters. The Morgan fingerprint density at radius 2 is 2.20 bits per heavy atom. The molecule has 0 aliphatic carbocycles. The zero-order chi connectivity index (χ0) is 10.8. The second-order valence-electron chi connectivity index (χ2n) is 3.56. The van der Waals surface area contributed by atoms with Crippen molar-refractivity contribution in [1.29, 1.82) is 0 Å². The van der Waals surface area contributed by atoms with Gasteiger partial charge in [-0.15, -0.1) is 0 Å². The minimum Gasteiger partial charge on any atom is -0.369 e. The lowest BCUT2D eigenvalue weighted by molar-refractivity contribution is -0.146. The smallest absolute Gasteiger partial charge is 0.248 e. The topological polar surface area (TPSA) is 29.5 Å². The molecule has 80 valence electrons. The maximum Gasteiger partial charge on any atom is 0.248 e. The van der Waals surface area contributed by atoms with Crippen LogP contribution in [0.5, 0.6) is 0 Å². The van der Waals surface area contributed by atoms with Crippen molar-refractivity contribution in [3.05, 3.63) is 34.3 Å². The zero-order valence-corrected chi connectivity index (χ0v) is 10.0. The summed E-state index contributed by atoms with van der Waals surface area (Å²) in [5.41, 5.74) is 1.09. The lowest BCUT2D eigenvalue weighted by atomic mass is 10.1. The Bertz CT molecular complexity index is 381. The summed E-state index contributed by atoms with van der Waals surface area (Å²) >= 11 is 3.49. The maximum atomic E-state index is 11.5. The van der Waals surface area contributed by atoms with E-state index in [1.165, 1.54) is 0 Å². The number of benzene rings is 1. The maximum absolute atomic E-state index is 11.5. The van der Waals surface area contributed by atoms with Gasteiger partial charge in [0.1, 0.15) is 6.61 Å². The number of rotatable bonds is 1. The van der Waals surface area contributed by atoms with Crippen molar-refractivity contribution in [2.45, 2.75) is 6.04 Å². The quantitative estimate of drug-likeness (QED) is 0.781. The molecule has 1 saturated heterocycles. The molecule has 1 aliphatic rings. The highest BCUT2D eigenvalue weighted by Crippen LogP contribution is 2.29. The first-order valence-electron chi connectivity index (χ1n) is 4.78. The van der Waals surface area contributed by atoms with E-state index in [4.69, 9.17) is 4.74 Å². The fourth-order valence-electron chi connectivity index (χ4n) is 1.69. The molecule has 0 aromatic heterocycles. The van der Waals surface area contributed by atoms with E-state index in [1.807, 2.05) is 31.3 Å². The summed E-state index contributed by atoms with van der Waals surface area (Å²) in [6.45, 7) is 0.752. The molecular formula is C11H12BrNO2. The number of carbonyl (C=O) groups is 1. The van der Waals surface area contributed by atoms with Crippen LogP contribution in [0.1, 0.15) is 11.6 Å². The highest BCUT2D eigenvalue weighted by Gasteiger charge is 2.27. The van der Waals surface area contributed by atoms with E-state index in [2.05, 4.69) is 15.9 Å². The zero-order valence-electron chi connectivity index (χ0n) is 8.44. The van der Waals surface area contributed by atoms with E-state index in [-0.39, 0.29) is 18.6 Å². The second kappa shape index (κ2) is 4.33. The van der Waals surface area contributed by atoms with Gasteiger partial charge in [0.05, 0.1) is 12.6 Å². The molecule has 1 atom stereocenters. The van der Waals surface area contributed by atoms with Crippen molar-refractivity contribution in [1.82, 2.24) is 4.90 Å². The van der Waals surface area contributed by atoms with Crippen LogP contribution in [0.4, 0.5) is 0 Å². The van der Waals surface area contributed by atoms with Crippen LogP contribution in [0, 0.1) is 0 Å². The van der Waals surface area contributed by atoms with Crippen LogP contribution in [0.3, 0.4) is 0 Å². The van der Waals surface area contributed by atoms with Crippen LogP contribution in [0.15, 0.2) is 28.7 Å². The monoisotopic (exact) mass is 269 g/mol. The number of nitrogens with zero attached hydrogens (tertiary/aromatic N) is 1. The highest BCUT2D eigenvalue weighted by atomic mass is 79.9. The molecule has 1 heterocycles. The highest BCUT2D eigenvalue weighted by molar-refractivity contribution is 9.10. The summed E-state index contributed by atoms with van der Waals surface area (Å²) in [5, 5.41) is 0. The van der Waals surface area contributed by atoms with Crippen molar-refractivity contribution < 1.29 is 9.53 Å². The summed E-state index contributed by atoms with van der Waals surface area (Å²) in [7, 11) is 1.81. The molecule has 3 nitrogen and oxygen atoms in total. The minimum absolute atomic E-state index is 0.0156. The lowest BCUT2D eigenvalue weighted by Gasteiger charge is -2.33. The Morgan fingerprint density at radius 3 is 2.93 bits per heavy atom. The fourth-order valence-corrected chi connectivity index (χ4v) is 2.24. The molecule has 1 aliphatic heterocycles. The molecule has 2 rings (SSSR count). The Kier molecular flexibility index (Phi) is 3.07. The van der Waals surface area contributed by atoms with Gasteiger partial charge >= 0.3 is 0 Å². The molecule has 4 heteroatoms. The van der Waals surface area contributed by atoms with E-state index in [0.717, 1.165) is 10.0 Å². The Hall–Kier alpha value is -0.870. The van der Waals surface area contributed by atoms with E-state index in [0.29, 0.717) is 6.61 Å². The van der Waals surface area contributed by atoms with Crippen molar-refractivity contribution in [3.8, 4) is 0 Å². The van der Waals surface area contributed by atoms with E-state index >= 15 is 0 Å². The predicted molar refractivity (Wildman–Crippen MR) is 60.5 cm³/mol. The second-order valence-corrected chi connectivity index (χ2v) is 4.41. The number of amides is 1. The predicted octanol–water partition coefficient (Wildman–Crippen LogP) is 1.98. The number of halogens is 1. The van der Waals surface area contributed by atoms with Gasteiger partial charge in [-0.25, -0.2) is 0 Å². The van der Waals surface area contributed by atoms with Gasteiger partial charge in [0, 0.05) is 11.5 Å². The lowest BCUT2D eigenvalue weighted by Crippen LogP contribution is -2.41. The number of carbonyl (C=O) groups excluding carboxylic acids is 1. The van der Waals surface area contributed by atoms with Crippen molar-refractivity contribution in [2.75, 3.05) is 20.3 Å². The van der Waals surface area contributed by atoms with Gasteiger partial charge in [-0.2, -0.15) is 0 Å². The average Bonchev–Trinajstić information content (AvgIpc) is 2.23. The molecule has 1 aromatic rings. The summed E-state index contributed by atoms with van der Waals surface area (Å²) in [6.07, 6.45) is 0. The Balaban J connectivity index is 2.30. The van der Waals surface area contributed by atoms with Crippen LogP contribution in [0.2, 0.25) is 0 Å². The van der Waals surface area contributed by atoms with Gasteiger partial charge in [0.15, 0.2) is 0 Å². The molecular weight excluding hydrogens is 258 g/mol. The molecule has 1 fully saturated rings. The number of morpholine rings is 1. The molecule has 1 amide bonds. The largest absolute Gasteiger partial charge is 0.369 e. The molecule has 0 radical (unpaired) electrons.